The largest absolute Gasteiger partial charge is 0.388 e. The Kier molecular flexibility index (Phi) is 5.04. The molecule has 1 rings (SSSR count). The lowest BCUT2D eigenvalue weighted by Crippen LogP contribution is -2.27. The summed E-state index contributed by atoms with van der Waals surface area (Å²) in [5, 5.41) is 17.2. The van der Waals surface area contributed by atoms with Gasteiger partial charge in [0, 0.05) is 12.6 Å². The Morgan fingerprint density at radius 1 is 1.18 bits per heavy atom. The smallest absolute Gasteiger partial charge is 0.159 e. The van der Waals surface area contributed by atoms with Crippen LogP contribution < -0.4 is 0 Å². The van der Waals surface area contributed by atoms with E-state index in [1.54, 1.807) is 7.11 Å². The molecule has 0 aliphatic heterocycles. The van der Waals surface area contributed by atoms with E-state index in [2.05, 4.69) is 10.2 Å². The topological polar surface area (TPSA) is 69.4 Å². The number of nitrogens with zero attached hydrogens (tertiary/aromatic N) is 3. The van der Waals surface area contributed by atoms with E-state index in [-0.39, 0.29) is 12.1 Å². The zero-order valence-corrected chi connectivity index (χ0v) is 10.9. The van der Waals surface area contributed by atoms with Gasteiger partial charge in [0.05, 0.1) is 13.2 Å². The predicted octanol–water partition coefficient (Wildman–Crippen LogP) is 0.688. The standard InChI is InChI=1S/C11H21N3O3/c1-11(2,3)14-9(7-15)12-13-10(14)8-17-6-5-16-4/h15H,5-8H2,1-4H3. The molecular formula is C11H21N3O3. The summed E-state index contributed by atoms with van der Waals surface area (Å²) >= 11 is 0. The predicted molar refractivity (Wildman–Crippen MR) is 62.5 cm³/mol. The number of methoxy groups -OCH3 is 1. The molecule has 0 unspecified atom stereocenters. The lowest BCUT2D eigenvalue weighted by atomic mass is 10.1. The van der Waals surface area contributed by atoms with E-state index in [0.29, 0.717) is 25.6 Å². The van der Waals surface area contributed by atoms with E-state index < -0.39 is 0 Å². The molecule has 0 saturated carbocycles. The van der Waals surface area contributed by atoms with Crippen LogP contribution in [0.2, 0.25) is 0 Å². The lowest BCUT2D eigenvalue weighted by molar-refractivity contribution is 0.0554. The Hall–Kier alpha value is -0.980. The van der Waals surface area contributed by atoms with E-state index in [1.807, 2.05) is 25.3 Å². The van der Waals surface area contributed by atoms with Crippen LogP contribution in [0.5, 0.6) is 0 Å². The molecule has 17 heavy (non-hydrogen) atoms. The van der Waals surface area contributed by atoms with Crippen LogP contribution in [-0.4, -0.2) is 40.2 Å². The van der Waals surface area contributed by atoms with E-state index in [1.165, 1.54) is 0 Å². The van der Waals surface area contributed by atoms with Crippen LogP contribution in [0.1, 0.15) is 32.4 Å². The second-order valence-corrected chi connectivity index (χ2v) is 4.74. The van der Waals surface area contributed by atoms with Crippen LogP contribution in [0.15, 0.2) is 0 Å². The van der Waals surface area contributed by atoms with Gasteiger partial charge in [-0.3, -0.25) is 0 Å². The number of hydrogen-bond donors (Lipinski definition) is 1. The molecule has 0 saturated heterocycles. The summed E-state index contributed by atoms with van der Waals surface area (Å²) in [5.41, 5.74) is -0.179. The van der Waals surface area contributed by atoms with Crippen LogP contribution in [-0.2, 0) is 28.2 Å². The quantitative estimate of drug-likeness (QED) is 0.744. The van der Waals surface area contributed by atoms with Crippen molar-refractivity contribution in [1.82, 2.24) is 14.8 Å². The van der Waals surface area contributed by atoms with Gasteiger partial charge in [0.1, 0.15) is 13.2 Å². The molecule has 0 aromatic carbocycles. The Morgan fingerprint density at radius 3 is 2.35 bits per heavy atom. The fourth-order valence-electron chi connectivity index (χ4n) is 1.63. The van der Waals surface area contributed by atoms with Gasteiger partial charge in [-0.05, 0) is 20.8 Å². The van der Waals surface area contributed by atoms with Crippen LogP contribution in [0, 0.1) is 0 Å². The van der Waals surface area contributed by atoms with E-state index in [9.17, 15) is 5.11 Å². The Balaban J connectivity index is 2.75. The molecule has 6 nitrogen and oxygen atoms in total. The van der Waals surface area contributed by atoms with Gasteiger partial charge in [-0.2, -0.15) is 0 Å². The third-order valence-corrected chi connectivity index (χ3v) is 2.27. The molecule has 0 bridgehead atoms. The lowest BCUT2D eigenvalue weighted by Gasteiger charge is -2.24. The van der Waals surface area contributed by atoms with Crippen LogP contribution in [0.25, 0.3) is 0 Å². The monoisotopic (exact) mass is 243 g/mol. The molecule has 0 aliphatic rings. The minimum Gasteiger partial charge on any atom is -0.388 e. The van der Waals surface area contributed by atoms with Crippen molar-refractivity contribution < 1.29 is 14.6 Å². The van der Waals surface area contributed by atoms with Crippen LogP contribution in [0.4, 0.5) is 0 Å². The second-order valence-electron chi connectivity index (χ2n) is 4.74. The summed E-state index contributed by atoms with van der Waals surface area (Å²) in [6.45, 7) is 7.42. The molecular weight excluding hydrogens is 222 g/mol. The maximum Gasteiger partial charge on any atom is 0.159 e. The molecule has 0 amide bonds. The summed E-state index contributed by atoms with van der Waals surface area (Å²) in [4.78, 5) is 0. The maximum atomic E-state index is 9.22. The van der Waals surface area contributed by atoms with Gasteiger partial charge in [-0.25, -0.2) is 0 Å². The molecule has 1 aromatic heterocycles. The van der Waals surface area contributed by atoms with Gasteiger partial charge in [0.25, 0.3) is 0 Å². The highest BCUT2D eigenvalue weighted by Crippen LogP contribution is 2.19. The first-order valence-electron chi connectivity index (χ1n) is 5.62. The Morgan fingerprint density at radius 2 is 1.82 bits per heavy atom. The number of aliphatic hydroxyl groups is 1. The van der Waals surface area contributed by atoms with E-state index >= 15 is 0 Å². The molecule has 1 aromatic rings. The molecule has 6 heteroatoms. The van der Waals surface area contributed by atoms with Gasteiger partial charge in [0.15, 0.2) is 11.6 Å². The first kappa shape index (κ1) is 14.1. The summed E-state index contributed by atoms with van der Waals surface area (Å²) < 4.78 is 12.2. The fourth-order valence-corrected chi connectivity index (χ4v) is 1.63. The van der Waals surface area contributed by atoms with Gasteiger partial charge < -0.3 is 19.1 Å². The first-order valence-corrected chi connectivity index (χ1v) is 5.62. The summed E-state index contributed by atoms with van der Waals surface area (Å²) in [7, 11) is 1.63. The van der Waals surface area contributed by atoms with E-state index in [0.717, 1.165) is 5.82 Å². The number of ether oxygens (including phenoxy) is 2. The summed E-state index contributed by atoms with van der Waals surface area (Å²) in [5.74, 6) is 1.28. The average Bonchev–Trinajstić information content (AvgIpc) is 2.67. The van der Waals surface area contributed by atoms with Crippen molar-refractivity contribution in [3.8, 4) is 0 Å². The molecule has 98 valence electrons. The Labute approximate surface area is 102 Å². The highest BCUT2D eigenvalue weighted by molar-refractivity contribution is 4.99. The van der Waals surface area contributed by atoms with Crippen molar-refractivity contribution >= 4 is 0 Å². The van der Waals surface area contributed by atoms with Gasteiger partial charge in [-0.1, -0.05) is 0 Å². The van der Waals surface area contributed by atoms with Crippen molar-refractivity contribution in [2.24, 2.45) is 0 Å². The van der Waals surface area contributed by atoms with Crippen molar-refractivity contribution in [2.45, 2.75) is 39.5 Å². The molecule has 0 aliphatic carbocycles. The molecule has 0 atom stereocenters. The average molecular weight is 243 g/mol. The third-order valence-electron chi connectivity index (χ3n) is 2.27. The number of aliphatic hydroxyl groups excluding tert-OH is 1. The Bertz CT molecular complexity index is 344. The van der Waals surface area contributed by atoms with Gasteiger partial charge in [-0.15, -0.1) is 10.2 Å². The van der Waals surface area contributed by atoms with Crippen LogP contribution in [0.3, 0.4) is 0 Å². The molecule has 0 radical (unpaired) electrons. The molecule has 0 fully saturated rings. The molecule has 1 N–H and O–H groups in total. The van der Waals surface area contributed by atoms with E-state index in [4.69, 9.17) is 9.47 Å². The summed E-state index contributed by atoms with van der Waals surface area (Å²) in [6.07, 6.45) is 0. The SMILES string of the molecule is COCCOCc1nnc(CO)n1C(C)(C)C. The summed E-state index contributed by atoms with van der Waals surface area (Å²) in [6, 6.07) is 0. The first-order chi connectivity index (χ1) is 8.00. The number of aromatic nitrogens is 3. The van der Waals surface area contributed by atoms with Gasteiger partial charge in [0.2, 0.25) is 0 Å². The van der Waals surface area contributed by atoms with Crippen molar-refractivity contribution in [2.75, 3.05) is 20.3 Å². The zero-order valence-electron chi connectivity index (χ0n) is 10.9. The third kappa shape index (κ3) is 3.76. The van der Waals surface area contributed by atoms with Gasteiger partial charge >= 0.3 is 0 Å². The van der Waals surface area contributed by atoms with Crippen molar-refractivity contribution in [3.05, 3.63) is 11.6 Å². The van der Waals surface area contributed by atoms with Crippen molar-refractivity contribution in [1.29, 1.82) is 0 Å². The highest BCUT2D eigenvalue weighted by atomic mass is 16.5. The van der Waals surface area contributed by atoms with Crippen molar-refractivity contribution in [3.63, 3.8) is 0 Å². The molecule has 0 spiro atoms. The highest BCUT2D eigenvalue weighted by Gasteiger charge is 2.22. The minimum absolute atomic E-state index is 0.123. The second kappa shape index (κ2) is 6.09. The maximum absolute atomic E-state index is 9.22. The molecule has 1 heterocycles. The fraction of sp³-hybridized carbons (Fsp3) is 0.818. The number of hydrogen-bond acceptors (Lipinski definition) is 5. The number of rotatable bonds is 6. The van der Waals surface area contributed by atoms with Crippen LogP contribution >= 0.6 is 0 Å². The zero-order chi connectivity index (χ0) is 12.9. The normalized spacial score (nSPS) is 12.1. The minimum atomic E-state index is -0.179.